The Hall–Kier alpha value is -1.98. The molecular formula is C12H15IN2O7. The highest BCUT2D eigenvalue weighted by Crippen LogP contribution is 2.19. The van der Waals surface area contributed by atoms with Gasteiger partial charge < -0.3 is 25.1 Å². The Labute approximate surface area is 139 Å². The molecule has 10 heteroatoms. The third-order valence-corrected chi connectivity index (χ3v) is 3.44. The summed E-state index contributed by atoms with van der Waals surface area (Å²) in [6.45, 7) is 1.21. The minimum absolute atomic E-state index is 0.0645. The van der Waals surface area contributed by atoms with Crippen molar-refractivity contribution in [3.05, 3.63) is 12.1 Å². The number of carbonyl (C=O) groups excluding carboxylic acids is 2. The summed E-state index contributed by atoms with van der Waals surface area (Å²) in [5.41, 5.74) is 0. The minimum Gasteiger partial charge on any atom is -0.492 e. The van der Waals surface area contributed by atoms with E-state index in [-0.39, 0.29) is 17.4 Å². The second-order valence-electron chi connectivity index (χ2n) is 4.29. The number of amides is 1. The number of aromatic hydroxyl groups is 2. The maximum Gasteiger partial charge on any atom is 0.355 e. The lowest BCUT2D eigenvalue weighted by atomic mass is 10.2. The van der Waals surface area contributed by atoms with Crippen LogP contribution < -0.4 is 4.84 Å². The molecule has 0 aromatic carbocycles. The smallest absolute Gasteiger partial charge is 0.355 e. The highest BCUT2D eigenvalue weighted by Gasteiger charge is 2.28. The van der Waals surface area contributed by atoms with E-state index in [4.69, 9.17) is 9.94 Å². The molecule has 0 spiro atoms. The van der Waals surface area contributed by atoms with E-state index >= 15 is 0 Å². The van der Waals surface area contributed by atoms with Crippen LogP contribution in [0.25, 0.3) is 0 Å². The van der Waals surface area contributed by atoms with Crippen molar-refractivity contribution in [3.8, 4) is 11.8 Å². The first-order valence-corrected chi connectivity index (χ1v) is 7.69. The monoisotopic (exact) mass is 426 g/mol. The van der Waals surface area contributed by atoms with Gasteiger partial charge in [-0.15, -0.1) is 4.73 Å². The molecule has 9 nitrogen and oxygen atoms in total. The quantitative estimate of drug-likeness (QED) is 0.413. The number of hydrogen-bond acceptors (Lipinski definition) is 6. The predicted molar refractivity (Wildman–Crippen MR) is 81.7 cm³/mol. The Morgan fingerprint density at radius 1 is 1.32 bits per heavy atom. The Morgan fingerprint density at radius 3 is 2.32 bits per heavy atom. The fraction of sp³-hybridized carbons (Fsp3) is 0.417. The summed E-state index contributed by atoms with van der Waals surface area (Å²) >= 11 is 1.80. The standard InChI is InChI=1S/C12H15IN2O7/c1-7(14(10(18)6-13)5-4-11(19)20)12(21)22-15-8(16)2-3-9(15)17/h2-3,7,16-17H,4-6H2,1H3,(H,19,20)/t7-/m0/s1. The van der Waals surface area contributed by atoms with Gasteiger partial charge in [-0.3, -0.25) is 9.59 Å². The van der Waals surface area contributed by atoms with Crippen molar-refractivity contribution in [1.82, 2.24) is 9.63 Å². The van der Waals surface area contributed by atoms with E-state index in [0.717, 1.165) is 17.0 Å². The number of halogens is 1. The van der Waals surface area contributed by atoms with Crippen molar-refractivity contribution in [2.45, 2.75) is 19.4 Å². The average molecular weight is 426 g/mol. The molecule has 1 amide bonds. The number of hydrogen-bond donors (Lipinski definition) is 3. The summed E-state index contributed by atoms with van der Waals surface area (Å²) in [6.07, 6.45) is -0.319. The van der Waals surface area contributed by atoms with E-state index < -0.39 is 35.6 Å². The lowest BCUT2D eigenvalue weighted by Gasteiger charge is -2.26. The Bertz CT molecular complexity index is 552. The van der Waals surface area contributed by atoms with Gasteiger partial charge in [-0.2, -0.15) is 0 Å². The first kappa shape index (κ1) is 18.1. The summed E-state index contributed by atoms with van der Waals surface area (Å²) in [7, 11) is 0. The maximum absolute atomic E-state index is 12.0. The lowest BCUT2D eigenvalue weighted by molar-refractivity contribution is -0.155. The molecule has 1 aromatic heterocycles. The average Bonchev–Trinajstić information content (AvgIpc) is 2.78. The highest BCUT2D eigenvalue weighted by molar-refractivity contribution is 14.1. The van der Waals surface area contributed by atoms with E-state index in [9.17, 15) is 24.6 Å². The second kappa shape index (κ2) is 7.87. The number of rotatable bonds is 7. The van der Waals surface area contributed by atoms with Gasteiger partial charge in [0, 0.05) is 18.7 Å². The van der Waals surface area contributed by atoms with Gasteiger partial charge in [-0.25, -0.2) is 4.79 Å². The molecule has 1 rings (SSSR count). The zero-order valence-corrected chi connectivity index (χ0v) is 13.8. The van der Waals surface area contributed by atoms with Gasteiger partial charge in [0.15, 0.2) is 0 Å². The van der Waals surface area contributed by atoms with Gasteiger partial charge in [0.25, 0.3) is 0 Å². The van der Waals surface area contributed by atoms with Crippen LogP contribution in [0.1, 0.15) is 13.3 Å². The van der Waals surface area contributed by atoms with Crippen LogP contribution in [-0.2, 0) is 14.4 Å². The summed E-state index contributed by atoms with van der Waals surface area (Å²) in [5.74, 6) is -3.43. The Kier molecular flexibility index (Phi) is 6.46. The molecule has 0 aliphatic heterocycles. The molecule has 0 bridgehead atoms. The third-order valence-electron chi connectivity index (χ3n) is 2.79. The van der Waals surface area contributed by atoms with Gasteiger partial charge >= 0.3 is 11.9 Å². The molecule has 0 radical (unpaired) electrons. The Balaban J connectivity index is 2.83. The van der Waals surface area contributed by atoms with E-state index in [1.165, 1.54) is 6.92 Å². The normalized spacial score (nSPS) is 11.7. The zero-order valence-electron chi connectivity index (χ0n) is 11.6. The molecule has 3 N–H and O–H groups in total. The van der Waals surface area contributed by atoms with Gasteiger partial charge in [0.2, 0.25) is 17.7 Å². The van der Waals surface area contributed by atoms with Crippen molar-refractivity contribution in [3.63, 3.8) is 0 Å². The number of alkyl halides is 1. The number of nitrogens with zero attached hydrogens (tertiary/aromatic N) is 2. The predicted octanol–water partition coefficient (Wildman–Crippen LogP) is -0.0187. The first-order valence-electron chi connectivity index (χ1n) is 6.17. The molecule has 0 aliphatic rings. The molecule has 1 heterocycles. The summed E-state index contributed by atoms with van der Waals surface area (Å²) < 4.78 is 0.567. The molecule has 122 valence electrons. The maximum atomic E-state index is 12.0. The molecular weight excluding hydrogens is 411 g/mol. The van der Waals surface area contributed by atoms with Gasteiger partial charge in [-0.1, -0.05) is 22.6 Å². The van der Waals surface area contributed by atoms with Crippen molar-refractivity contribution in [1.29, 1.82) is 0 Å². The fourth-order valence-electron chi connectivity index (χ4n) is 1.62. The molecule has 1 atom stereocenters. The summed E-state index contributed by atoms with van der Waals surface area (Å²) in [5, 5.41) is 27.5. The van der Waals surface area contributed by atoms with Crippen LogP contribution in [0.5, 0.6) is 11.8 Å². The van der Waals surface area contributed by atoms with Crippen LogP contribution in [-0.4, -0.2) is 59.8 Å². The highest BCUT2D eigenvalue weighted by atomic mass is 127. The molecule has 0 fully saturated rings. The van der Waals surface area contributed by atoms with E-state index in [1.54, 1.807) is 22.6 Å². The summed E-state index contributed by atoms with van der Waals surface area (Å²) in [6, 6.07) is 1.15. The van der Waals surface area contributed by atoms with Crippen molar-refractivity contribution in [2.75, 3.05) is 11.0 Å². The molecule has 0 aliphatic carbocycles. The molecule has 22 heavy (non-hydrogen) atoms. The van der Waals surface area contributed by atoms with Gasteiger partial charge in [-0.05, 0) is 6.92 Å². The van der Waals surface area contributed by atoms with Crippen LogP contribution >= 0.6 is 22.6 Å². The van der Waals surface area contributed by atoms with Crippen LogP contribution in [0.3, 0.4) is 0 Å². The second-order valence-corrected chi connectivity index (χ2v) is 5.06. The fourth-order valence-corrected chi connectivity index (χ4v) is 2.05. The number of aromatic nitrogens is 1. The third kappa shape index (κ3) is 4.51. The lowest BCUT2D eigenvalue weighted by Crippen LogP contribution is -2.47. The molecule has 0 saturated carbocycles. The van der Waals surface area contributed by atoms with Gasteiger partial charge in [0.1, 0.15) is 6.04 Å². The van der Waals surface area contributed by atoms with Crippen LogP contribution in [0.15, 0.2) is 12.1 Å². The number of carboxylic acid groups (broad SMARTS) is 1. The van der Waals surface area contributed by atoms with E-state index in [2.05, 4.69) is 0 Å². The van der Waals surface area contributed by atoms with Crippen molar-refractivity contribution in [2.24, 2.45) is 0 Å². The van der Waals surface area contributed by atoms with Crippen molar-refractivity contribution < 1.29 is 34.5 Å². The minimum atomic E-state index is -1.10. The molecule has 0 saturated heterocycles. The van der Waals surface area contributed by atoms with Crippen LogP contribution in [0, 0.1) is 0 Å². The molecule has 0 unspecified atom stereocenters. The van der Waals surface area contributed by atoms with Crippen LogP contribution in [0.4, 0.5) is 0 Å². The topological polar surface area (TPSA) is 129 Å². The van der Waals surface area contributed by atoms with Crippen LogP contribution in [0.2, 0.25) is 0 Å². The molecule has 1 aromatic rings. The number of carbonyl (C=O) groups is 3. The van der Waals surface area contributed by atoms with Gasteiger partial charge in [0.05, 0.1) is 10.8 Å². The SMILES string of the molecule is C[C@@H](C(=O)On1c(O)ccc1O)N(CCC(=O)O)C(=O)CI. The van der Waals surface area contributed by atoms with E-state index in [0.29, 0.717) is 4.73 Å². The van der Waals surface area contributed by atoms with E-state index in [1.807, 2.05) is 0 Å². The number of aliphatic carboxylic acids is 1. The Morgan fingerprint density at radius 2 is 1.86 bits per heavy atom. The largest absolute Gasteiger partial charge is 0.492 e. The summed E-state index contributed by atoms with van der Waals surface area (Å²) in [4.78, 5) is 40.3. The first-order chi connectivity index (χ1) is 10.3. The number of carboxylic acids is 1. The van der Waals surface area contributed by atoms with Crippen molar-refractivity contribution >= 4 is 40.4 Å². The zero-order chi connectivity index (χ0) is 16.9.